The fourth-order valence-electron chi connectivity index (χ4n) is 2.12. The van der Waals surface area contributed by atoms with Crippen molar-refractivity contribution in [2.24, 2.45) is 0 Å². The zero-order valence-corrected chi connectivity index (χ0v) is 10.7. The maximum atomic E-state index is 12.0. The van der Waals surface area contributed by atoms with Gasteiger partial charge in [0.15, 0.2) is 0 Å². The molecule has 1 aromatic carbocycles. The van der Waals surface area contributed by atoms with E-state index in [9.17, 15) is 9.59 Å². The lowest BCUT2D eigenvalue weighted by Gasteiger charge is -2.30. The zero-order valence-electron chi connectivity index (χ0n) is 10.7. The van der Waals surface area contributed by atoms with Crippen LogP contribution in [-0.2, 0) is 0 Å². The van der Waals surface area contributed by atoms with Crippen molar-refractivity contribution in [3.63, 3.8) is 0 Å². The number of carbonyl (C=O) groups is 2. The topological polar surface area (TPSA) is 82.5 Å². The van der Waals surface area contributed by atoms with Crippen molar-refractivity contribution >= 4 is 28.6 Å². The summed E-state index contributed by atoms with van der Waals surface area (Å²) in [6, 6.07) is 6.27. The molecule has 102 valence electrons. The molecular formula is C14H13N3O3. The van der Waals surface area contributed by atoms with E-state index in [1.807, 2.05) is 0 Å². The molecule has 1 aromatic heterocycles. The number of aromatic carboxylic acids is 1. The third-order valence-corrected chi connectivity index (χ3v) is 3.34. The van der Waals surface area contributed by atoms with Gasteiger partial charge in [-0.05, 0) is 24.6 Å². The summed E-state index contributed by atoms with van der Waals surface area (Å²) in [4.78, 5) is 29.0. The van der Waals surface area contributed by atoms with E-state index in [-0.39, 0.29) is 11.6 Å². The van der Waals surface area contributed by atoms with Crippen molar-refractivity contribution in [1.29, 1.82) is 0 Å². The fourth-order valence-corrected chi connectivity index (χ4v) is 2.12. The minimum Gasteiger partial charge on any atom is -0.478 e. The van der Waals surface area contributed by atoms with Crippen LogP contribution in [0.5, 0.6) is 0 Å². The second-order valence-electron chi connectivity index (χ2n) is 4.67. The molecule has 3 rings (SSSR count). The molecule has 2 heterocycles. The number of pyridine rings is 1. The molecule has 0 saturated carbocycles. The highest BCUT2D eigenvalue weighted by Crippen LogP contribution is 2.24. The van der Waals surface area contributed by atoms with Gasteiger partial charge >= 0.3 is 12.0 Å². The number of hydrogen-bond donors (Lipinski definition) is 2. The molecule has 2 amide bonds. The van der Waals surface area contributed by atoms with Gasteiger partial charge in [0.2, 0.25) is 0 Å². The molecule has 0 aliphatic carbocycles. The van der Waals surface area contributed by atoms with Crippen LogP contribution in [0, 0.1) is 0 Å². The van der Waals surface area contributed by atoms with Crippen LogP contribution in [0.3, 0.4) is 0 Å². The predicted octanol–water partition coefficient (Wildman–Crippen LogP) is 2.17. The Labute approximate surface area is 115 Å². The molecular weight excluding hydrogens is 258 g/mol. The van der Waals surface area contributed by atoms with Gasteiger partial charge in [0.05, 0.1) is 16.8 Å². The smallest absolute Gasteiger partial charge is 0.335 e. The summed E-state index contributed by atoms with van der Waals surface area (Å²) in [6.45, 7) is 1.46. The number of aromatic nitrogens is 1. The van der Waals surface area contributed by atoms with Crippen molar-refractivity contribution in [2.75, 3.05) is 18.4 Å². The Bertz CT molecular complexity index is 695. The van der Waals surface area contributed by atoms with Crippen LogP contribution in [-0.4, -0.2) is 40.1 Å². The number of carboxylic acids is 1. The molecule has 1 saturated heterocycles. The number of benzene rings is 1. The monoisotopic (exact) mass is 271 g/mol. The molecule has 2 aromatic rings. The second-order valence-corrected chi connectivity index (χ2v) is 4.67. The molecule has 1 aliphatic rings. The van der Waals surface area contributed by atoms with Crippen LogP contribution >= 0.6 is 0 Å². The standard InChI is InChI=1S/C14H13N3O3/c18-13(19)10-7-9-3-1-4-15-12(9)11(8-10)16-14(20)17-5-2-6-17/h1,3-4,7-8H,2,5-6H2,(H,16,20)(H,18,19). The normalized spacial score (nSPS) is 13.9. The quantitative estimate of drug-likeness (QED) is 0.877. The Balaban J connectivity index is 2.02. The number of amides is 2. The third kappa shape index (κ3) is 2.16. The highest BCUT2D eigenvalue weighted by Gasteiger charge is 2.21. The van der Waals surface area contributed by atoms with Gasteiger partial charge in [-0.15, -0.1) is 0 Å². The molecule has 1 fully saturated rings. The first kappa shape index (κ1) is 12.4. The number of fused-ring (bicyclic) bond motifs is 1. The summed E-state index contributed by atoms with van der Waals surface area (Å²) >= 11 is 0. The maximum Gasteiger partial charge on any atom is 0.335 e. The molecule has 1 aliphatic heterocycles. The van der Waals surface area contributed by atoms with E-state index in [1.54, 1.807) is 29.3 Å². The fraction of sp³-hybridized carbons (Fsp3) is 0.214. The average molecular weight is 271 g/mol. The van der Waals surface area contributed by atoms with Crippen LogP contribution < -0.4 is 5.32 Å². The van der Waals surface area contributed by atoms with E-state index in [4.69, 9.17) is 5.11 Å². The van der Waals surface area contributed by atoms with Gasteiger partial charge in [0, 0.05) is 24.7 Å². The largest absolute Gasteiger partial charge is 0.478 e. The lowest BCUT2D eigenvalue weighted by atomic mass is 10.1. The number of anilines is 1. The van der Waals surface area contributed by atoms with E-state index in [0.29, 0.717) is 16.6 Å². The van der Waals surface area contributed by atoms with Gasteiger partial charge in [-0.3, -0.25) is 4.98 Å². The van der Waals surface area contributed by atoms with E-state index in [2.05, 4.69) is 10.3 Å². The summed E-state index contributed by atoms with van der Waals surface area (Å²) in [5, 5.41) is 12.6. The lowest BCUT2D eigenvalue weighted by molar-refractivity contribution is 0.0697. The molecule has 0 atom stereocenters. The van der Waals surface area contributed by atoms with Crippen LogP contribution in [0.15, 0.2) is 30.5 Å². The summed E-state index contributed by atoms with van der Waals surface area (Å²) in [7, 11) is 0. The summed E-state index contributed by atoms with van der Waals surface area (Å²) in [5.74, 6) is -1.03. The van der Waals surface area contributed by atoms with Gasteiger partial charge in [-0.1, -0.05) is 6.07 Å². The predicted molar refractivity (Wildman–Crippen MR) is 73.9 cm³/mol. The second kappa shape index (κ2) is 4.80. The van der Waals surface area contributed by atoms with Crippen LogP contribution in [0.4, 0.5) is 10.5 Å². The number of nitrogens with zero attached hydrogens (tertiary/aromatic N) is 2. The van der Waals surface area contributed by atoms with Crippen molar-refractivity contribution in [1.82, 2.24) is 9.88 Å². The Hall–Kier alpha value is -2.63. The molecule has 0 spiro atoms. The summed E-state index contributed by atoms with van der Waals surface area (Å²) in [6.07, 6.45) is 2.61. The highest BCUT2D eigenvalue weighted by atomic mass is 16.4. The van der Waals surface area contributed by atoms with Crippen LogP contribution in [0.2, 0.25) is 0 Å². The van der Waals surface area contributed by atoms with Crippen molar-refractivity contribution in [3.8, 4) is 0 Å². The van der Waals surface area contributed by atoms with Crippen LogP contribution in [0.1, 0.15) is 16.8 Å². The van der Waals surface area contributed by atoms with E-state index < -0.39 is 5.97 Å². The molecule has 2 N–H and O–H groups in total. The first-order valence-electron chi connectivity index (χ1n) is 6.33. The minimum atomic E-state index is -1.03. The van der Waals surface area contributed by atoms with Crippen molar-refractivity contribution < 1.29 is 14.7 Å². The molecule has 0 unspecified atom stereocenters. The number of carboxylic acid groups (broad SMARTS) is 1. The first-order chi connectivity index (χ1) is 9.65. The molecule has 20 heavy (non-hydrogen) atoms. The molecule has 6 heteroatoms. The van der Waals surface area contributed by atoms with Gasteiger partial charge in [0.1, 0.15) is 0 Å². The molecule has 0 radical (unpaired) electrons. The minimum absolute atomic E-state index is 0.129. The molecule has 6 nitrogen and oxygen atoms in total. The Morgan fingerprint density at radius 2 is 2.10 bits per heavy atom. The van der Waals surface area contributed by atoms with Gasteiger partial charge in [-0.25, -0.2) is 9.59 Å². The van der Waals surface area contributed by atoms with E-state index in [1.165, 1.54) is 6.07 Å². The zero-order chi connectivity index (χ0) is 14.1. The van der Waals surface area contributed by atoms with Crippen LogP contribution in [0.25, 0.3) is 10.9 Å². The Kier molecular flexibility index (Phi) is 2.98. The van der Waals surface area contributed by atoms with Crippen molar-refractivity contribution in [3.05, 3.63) is 36.0 Å². The average Bonchev–Trinajstić information content (AvgIpc) is 2.36. The number of urea groups is 1. The van der Waals surface area contributed by atoms with E-state index >= 15 is 0 Å². The van der Waals surface area contributed by atoms with Gasteiger partial charge < -0.3 is 15.3 Å². The van der Waals surface area contributed by atoms with E-state index in [0.717, 1.165) is 19.5 Å². The number of hydrogen-bond acceptors (Lipinski definition) is 3. The van der Waals surface area contributed by atoms with Gasteiger partial charge in [-0.2, -0.15) is 0 Å². The first-order valence-corrected chi connectivity index (χ1v) is 6.33. The Morgan fingerprint density at radius 1 is 1.30 bits per heavy atom. The maximum absolute atomic E-state index is 12.0. The number of likely N-dealkylation sites (tertiary alicyclic amines) is 1. The number of nitrogens with one attached hydrogen (secondary N) is 1. The third-order valence-electron chi connectivity index (χ3n) is 3.34. The number of rotatable bonds is 2. The van der Waals surface area contributed by atoms with Crippen molar-refractivity contribution in [2.45, 2.75) is 6.42 Å². The Morgan fingerprint density at radius 3 is 2.75 bits per heavy atom. The lowest BCUT2D eigenvalue weighted by Crippen LogP contribution is -2.44. The molecule has 0 bridgehead atoms. The SMILES string of the molecule is O=C(O)c1cc(NC(=O)N2CCC2)c2ncccc2c1. The summed E-state index contributed by atoms with van der Waals surface area (Å²) in [5.41, 5.74) is 1.15. The summed E-state index contributed by atoms with van der Waals surface area (Å²) < 4.78 is 0. The van der Waals surface area contributed by atoms with Gasteiger partial charge in [0.25, 0.3) is 0 Å². The highest BCUT2D eigenvalue weighted by molar-refractivity contribution is 6.04. The number of carbonyl (C=O) groups excluding carboxylic acids is 1.